The lowest BCUT2D eigenvalue weighted by Gasteiger charge is -2.12. The third-order valence-electron chi connectivity index (χ3n) is 5.53. The van der Waals surface area contributed by atoms with Gasteiger partial charge in [0.15, 0.2) is 5.82 Å². The van der Waals surface area contributed by atoms with E-state index in [0.29, 0.717) is 18.8 Å². The summed E-state index contributed by atoms with van der Waals surface area (Å²) in [5.74, 6) is 1.40. The monoisotopic (exact) mass is 430 g/mol. The summed E-state index contributed by atoms with van der Waals surface area (Å²) in [5.41, 5.74) is 16.5. The maximum atomic E-state index is 12.0. The highest BCUT2D eigenvalue weighted by molar-refractivity contribution is 6.06. The van der Waals surface area contributed by atoms with Gasteiger partial charge in [-0.2, -0.15) is 0 Å². The van der Waals surface area contributed by atoms with Crippen molar-refractivity contribution in [2.75, 3.05) is 11.1 Å². The van der Waals surface area contributed by atoms with Crippen LogP contribution in [-0.2, 0) is 17.8 Å². The molecule has 2 aromatic heterocycles. The molecular formula is C25H30N6O. The Morgan fingerprint density at radius 3 is 2.59 bits per heavy atom. The van der Waals surface area contributed by atoms with Gasteiger partial charge in [0.2, 0.25) is 5.91 Å². The summed E-state index contributed by atoms with van der Waals surface area (Å²) in [7, 11) is 0. The van der Waals surface area contributed by atoms with Crippen molar-refractivity contribution in [1.29, 1.82) is 0 Å². The molecule has 32 heavy (non-hydrogen) atoms. The van der Waals surface area contributed by atoms with Crippen molar-refractivity contribution in [2.24, 2.45) is 5.73 Å². The predicted octanol–water partition coefficient (Wildman–Crippen LogP) is 4.23. The van der Waals surface area contributed by atoms with E-state index < -0.39 is 0 Å². The smallest absolute Gasteiger partial charge is 0.225 e. The molecule has 1 unspecified atom stereocenters. The van der Waals surface area contributed by atoms with Gasteiger partial charge < -0.3 is 21.4 Å². The summed E-state index contributed by atoms with van der Waals surface area (Å²) >= 11 is 0. The second kappa shape index (κ2) is 9.36. The van der Waals surface area contributed by atoms with Crippen LogP contribution in [0.15, 0.2) is 48.5 Å². The molecule has 0 aliphatic carbocycles. The van der Waals surface area contributed by atoms with Gasteiger partial charge in [-0.1, -0.05) is 43.7 Å². The van der Waals surface area contributed by atoms with E-state index in [2.05, 4.69) is 27.9 Å². The molecule has 0 aliphatic rings. The van der Waals surface area contributed by atoms with Crippen molar-refractivity contribution in [2.45, 2.75) is 52.1 Å². The average molecular weight is 431 g/mol. The SMILES string of the molecule is CCCCc1nc2c(N)nc3ccccc3c2n1Cc1ccc(NC(=O)CC(C)N)cc1. The van der Waals surface area contributed by atoms with E-state index in [-0.39, 0.29) is 11.9 Å². The Morgan fingerprint density at radius 1 is 1.12 bits per heavy atom. The van der Waals surface area contributed by atoms with E-state index in [0.717, 1.165) is 58.3 Å². The predicted molar refractivity (Wildman–Crippen MR) is 130 cm³/mol. The molecule has 7 heteroatoms. The summed E-state index contributed by atoms with van der Waals surface area (Å²) in [5, 5.41) is 3.94. The first-order valence-electron chi connectivity index (χ1n) is 11.1. The van der Waals surface area contributed by atoms with E-state index in [1.165, 1.54) is 0 Å². The van der Waals surface area contributed by atoms with Crippen LogP contribution in [0.4, 0.5) is 11.5 Å². The summed E-state index contributed by atoms with van der Waals surface area (Å²) in [6.07, 6.45) is 3.32. The summed E-state index contributed by atoms with van der Waals surface area (Å²) in [4.78, 5) is 21.4. The van der Waals surface area contributed by atoms with Crippen LogP contribution >= 0.6 is 0 Å². The van der Waals surface area contributed by atoms with Crippen LogP contribution in [-0.4, -0.2) is 26.5 Å². The number of aryl methyl sites for hydroxylation is 1. The number of unbranched alkanes of at least 4 members (excludes halogenated alkanes) is 1. The van der Waals surface area contributed by atoms with Crippen molar-refractivity contribution >= 4 is 39.3 Å². The molecule has 4 rings (SSSR count). The van der Waals surface area contributed by atoms with Crippen LogP contribution in [0.2, 0.25) is 0 Å². The molecule has 7 nitrogen and oxygen atoms in total. The van der Waals surface area contributed by atoms with Crippen molar-refractivity contribution < 1.29 is 4.79 Å². The maximum Gasteiger partial charge on any atom is 0.225 e. The fraction of sp³-hybridized carbons (Fsp3) is 0.320. The number of imidazole rings is 1. The summed E-state index contributed by atoms with van der Waals surface area (Å²) in [6.45, 7) is 4.66. The lowest BCUT2D eigenvalue weighted by Crippen LogP contribution is -2.23. The van der Waals surface area contributed by atoms with Gasteiger partial charge in [0.1, 0.15) is 11.3 Å². The number of hydrogen-bond donors (Lipinski definition) is 3. The van der Waals surface area contributed by atoms with E-state index >= 15 is 0 Å². The number of pyridine rings is 1. The first-order valence-corrected chi connectivity index (χ1v) is 11.1. The Labute approximate surface area is 187 Å². The zero-order chi connectivity index (χ0) is 22.7. The molecule has 0 bridgehead atoms. The topological polar surface area (TPSA) is 112 Å². The zero-order valence-corrected chi connectivity index (χ0v) is 18.6. The maximum absolute atomic E-state index is 12.0. The second-order valence-electron chi connectivity index (χ2n) is 8.36. The van der Waals surface area contributed by atoms with Crippen LogP contribution in [0.3, 0.4) is 0 Å². The highest BCUT2D eigenvalue weighted by atomic mass is 16.1. The van der Waals surface area contributed by atoms with Gasteiger partial charge in [0.05, 0.1) is 11.0 Å². The number of nitrogens with zero attached hydrogens (tertiary/aromatic N) is 3. The van der Waals surface area contributed by atoms with E-state index in [1.807, 2.05) is 49.4 Å². The van der Waals surface area contributed by atoms with Crippen molar-refractivity contribution in [3.8, 4) is 0 Å². The molecular weight excluding hydrogens is 400 g/mol. The molecule has 2 aromatic carbocycles. The molecule has 0 radical (unpaired) electrons. The number of rotatable bonds is 8. The molecule has 0 aliphatic heterocycles. The van der Waals surface area contributed by atoms with Gasteiger partial charge in [-0.25, -0.2) is 9.97 Å². The molecule has 4 aromatic rings. The molecule has 1 amide bonds. The number of nitrogens with one attached hydrogen (secondary N) is 1. The minimum absolute atomic E-state index is 0.0790. The Balaban J connectivity index is 1.70. The number of nitrogen functional groups attached to an aromatic ring is 1. The molecule has 1 atom stereocenters. The number of aromatic nitrogens is 3. The van der Waals surface area contributed by atoms with Gasteiger partial charge in [0, 0.05) is 36.5 Å². The summed E-state index contributed by atoms with van der Waals surface area (Å²) in [6, 6.07) is 15.8. The molecule has 166 valence electrons. The number of hydrogen-bond acceptors (Lipinski definition) is 5. The highest BCUT2D eigenvalue weighted by Gasteiger charge is 2.17. The minimum Gasteiger partial charge on any atom is -0.382 e. The average Bonchev–Trinajstić information content (AvgIpc) is 3.12. The number of amides is 1. The largest absolute Gasteiger partial charge is 0.382 e. The number of anilines is 2. The minimum atomic E-state index is -0.165. The molecule has 0 fully saturated rings. The van der Waals surface area contributed by atoms with Crippen LogP contribution in [0.25, 0.3) is 21.9 Å². The van der Waals surface area contributed by atoms with Crippen LogP contribution < -0.4 is 16.8 Å². The fourth-order valence-electron chi connectivity index (χ4n) is 3.98. The number of benzene rings is 2. The van der Waals surface area contributed by atoms with Crippen LogP contribution in [0.5, 0.6) is 0 Å². The van der Waals surface area contributed by atoms with Gasteiger partial charge in [-0.15, -0.1) is 0 Å². The zero-order valence-electron chi connectivity index (χ0n) is 18.6. The number of carbonyl (C=O) groups excluding carboxylic acids is 1. The standard InChI is InChI=1S/C25H30N6O/c1-3-4-9-21-30-23-24(19-7-5-6-8-20(19)29-25(23)27)31(21)15-17-10-12-18(13-11-17)28-22(32)14-16(2)26/h5-8,10-13,16H,3-4,9,14-15,26H2,1-2H3,(H2,27,29)(H,28,32). The second-order valence-corrected chi connectivity index (χ2v) is 8.36. The number of carbonyl (C=O) groups is 1. The van der Waals surface area contributed by atoms with Crippen molar-refractivity contribution in [3.05, 3.63) is 59.9 Å². The molecule has 0 saturated heterocycles. The van der Waals surface area contributed by atoms with Gasteiger partial charge in [-0.3, -0.25) is 4.79 Å². The number of para-hydroxylation sites is 1. The highest BCUT2D eigenvalue weighted by Crippen LogP contribution is 2.30. The van der Waals surface area contributed by atoms with Crippen molar-refractivity contribution in [3.63, 3.8) is 0 Å². The quantitative estimate of drug-likeness (QED) is 0.387. The lowest BCUT2D eigenvalue weighted by molar-refractivity contribution is -0.116. The summed E-state index contributed by atoms with van der Waals surface area (Å²) < 4.78 is 2.26. The third kappa shape index (κ3) is 4.57. The normalized spacial score (nSPS) is 12.3. The molecule has 0 spiro atoms. The van der Waals surface area contributed by atoms with Crippen molar-refractivity contribution in [1.82, 2.24) is 14.5 Å². The molecule has 5 N–H and O–H groups in total. The van der Waals surface area contributed by atoms with Crippen LogP contribution in [0, 0.1) is 0 Å². The Kier molecular flexibility index (Phi) is 6.37. The van der Waals surface area contributed by atoms with E-state index in [1.54, 1.807) is 0 Å². The van der Waals surface area contributed by atoms with Gasteiger partial charge in [-0.05, 0) is 37.1 Å². The Hall–Kier alpha value is -3.45. The van der Waals surface area contributed by atoms with E-state index in [4.69, 9.17) is 16.5 Å². The number of nitrogens with two attached hydrogens (primary N) is 2. The molecule has 2 heterocycles. The lowest BCUT2D eigenvalue weighted by atomic mass is 10.1. The fourth-order valence-corrected chi connectivity index (χ4v) is 3.98. The Bertz CT molecular complexity index is 1240. The van der Waals surface area contributed by atoms with Gasteiger partial charge >= 0.3 is 0 Å². The Morgan fingerprint density at radius 2 is 1.88 bits per heavy atom. The van der Waals surface area contributed by atoms with E-state index in [9.17, 15) is 4.79 Å². The molecule has 0 saturated carbocycles. The van der Waals surface area contributed by atoms with Gasteiger partial charge in [0.25, 0.3) is 0 Å². The first kappa shape index (κ1) is 21.8. The number of fused-ring (bicyclic) bond motifs is 3. The first-order chi connectivity index (χ1) is 15.5. The van der Waals surface area contributed by atoms with Crippen LogP contribution in [0.1, 0.15) is 44.5 Å². The third-order valence-corrected chi connectivity index (χ3v) is 5.53.